The molecular formula is C2H9N2NaS2. The topological polar surface area (TPSA) is 47.0 Å². The van der Waals surface area contributed by atoms with E-state index < -0.39 is 0 Å². The smallest absolute Gasteiger partial charge is 1.00 e. The molecule has 0 heterocycles. The van der Waals surface area contributed by atoms with Crippen LogP contribution in [-0.2, 0) is 0 Å². The Morgan fingerprint density at radius 1 is 1.86 bits per heavy atom. The zero-order valence-electron chi connectivity index (χ0n) is 5.56. The number of rotatable bonds is 0. The first kappa shape index (κ1) is 15.7. The standard InChI is InChI=1S/C2H5NS2.H3N.Na.H/c1-3-2(4)5;;;/h1H3,(H2,3,4,5);1H3;;/q;;+1;-1. The minimum absolute atomic E-state index is 0. The Kier molecular flexibility index (Phi) is 23.0. The van der Waals surface area contributed by atoms with Gasteiger partial charge >= 0.3 is 29.6 Å². The van der Waals surface area contributed by atoms with Crippen molar-refractivity contribution in [2.75, 3.05) is 7.05 Å². The zero-order chi connectivity index (χ0) is 4.28. The summed E-state index contributed by atoms with van der Waals surface area (Å²) >= 11 is 8.17. The van der Waals surface area contributed by atoms with Crippen LogP contribution in [0.3, 0.4) is 0 Å². The third-order valence-corrected chi connectivity index (χ3v) is 0.642. The van der Waals surface area contributed by atoms with Crippen LogP contribution in [-0.4, -0.2) is 11.4 Å². The summed E-state index contributed by atoms with van der Waals surface area (Å²) in [5, 5.41) is 2.62. The minimum Gasteiger partial charge on any atom is -1.00 e. The van der Waals surface area contributed by atoms with Gasteiger partial charge in [0.1, 0.15) is 4.32 Å². The van der Waals surface area contributed by atoms with Crippen LogP contribution in [0.25, 0.3) is 0 Å². The molecule has 7 heavy (non-hydrogen) atoms. The van der Waals surface area contributed by atoms with E-state index in [2.05, 4.69) is 30.2 Å². The first-order valence-corrected chi connectivity index (χ1v) is 2.03. The molecule has 0 unspecified atom stereocenters. The van der Waals surface area contributed by atoms with E-state index in [9.17, 15) is 0 Å². The van der Waals surface area contributed by atoms with Gasteiger partial charge in [0.05, 0.1) is 0 Å². The Morgan fingerprint density at radius 2 is 2.00 bits per heavy atom. The maximum atomic E-state index is 4.45. The van der Waals surface area contributed by atoms with Gasteiger partial charge in [0.15, 0.2) is 0 Å². The maximum absolute atomic E-state index is 4.45. The number of thiocarbonyl (C=S) groups is 1. The van der Waals surface area contributed by atoms with Crippen molar-refractivity contribution in [3.8, 4) is 0 Å². The van der Waals surface area contributed by atoms with Gasteiger partial charge in [-0.2, -0.15) is 0 Å². The van der Waals surface area contributed by atoms with Gasteiger partial charge in [-0.3, -0.25) is 0 Å². The Morgan fingerprint density at radius 3 is 2.00 bits per heavy atom. The number of hydrogen-bond donors (Lipinski definition) is 3. The fourth-order valence-electron chi connectivity index (χ4n) is 0. The minimum atomic E-state index is 0. The van der Waals surface area contributed by atoms with Crippen molar-refractivity contribution < 1.29 is 31.0 Å². The summed E-state index contributed by atoms with van der Waals surface area (Å²) in [6.07, 6.45) is 0. The fourth-order valence-corrected chi connectivity index (χ4v) is 0. The molecule has 0 aliphatic rings. The molecule has 4 N–H and O–H groups in total. The van der Waals surface area contributed by atoms with E-state index in [0.717, 1.165) is 0 Å². The summed E-state index contributed by atoms with van der Waals surface area (Å²) in [5.74, 6) is 0. The molecule has 0 aromatic rings. The molecule has 0 aromatic heterocycles. The van der Waals surface area contributed by atoms with Crippen LogP contribution in [0, 0.1) is 0 Å². The predicted octanol–water partition coefficient (Wildman–Crippen LogP) is -2.30. The van der Waals surface area contributed by atoms with Crippen molar-refractivity contribution in [2.45, 2.75) is 0 Å². The number of hydrogen-bond acceptors (Lipinski definition) is 2. The maximum Gasteiger partial charge on any atom is 1.00 e. The van der Waals surface area contributed by atoms with Gasteiger partial charge < -0.3 is 12.9 Å². The van der Waals surface area contributed by atoms with Gasteiger partial charge in [0.2, 0.25) is 0 Å². The first-order chi connectivity index (χ1) is 2.27. The molecule has 0 aromatic carbocycles. The molecule has 2 nitrogen and oxygen atoms in total. The predicted molar refractivity (Wildman–Crippen MR) is 36.8 cm³/mol. The van der Waals surface area contributed by atoms with Crippen LogP contribution in [0.1, 0.15) is 1.43 Å². The second kappa shape index (κ2) is 10.2. The summed E-state index contributed by atoms with van der Waals surface area (Å²) in [6, 6.07) is 0. The molecule has 0 aliphatic carbocycles. The number of thiol groups is 1. The summed E-state index contributed by atoms with van der Waals surface area (Å²) in [4.78, 5) is 0. The van der Waals surface area contributed by atoms with Gasteiger partial charge in [0, 0.05) is 7.05 Å². The SMILES string of the molecule is CNC(=S)S.N.[H-].[Na+]. The van der Waals surface area contributed by atoms with Crippen LogP contribution >= 0.6 is 24.8 Å². The van der Waals surface area contributed by atoms with Gasteiger partial charge in [-0.1, -0.05) is 12.2 Å². The first-order valence-electron chi connectivity index (χ1n) is 1.18. The second-order valence-corrected chi connectivity index (χ2v) is 1.71. The van der Waals surface area contributed by atoms with E-state index in [1.807, 2.05) is 0 Å². The van der Waals surface area contributed by atoms with E-state index in [0.29, 0.717) is 4.32 Å². The molecule has 0 amide bonds. The largest absolute Gasteiger partial charge is 1.00 e. The molecule has 0 saturated carbocycles. The van der Waals surface area contributed by atoms with E-state index in [4.69, 9.17) is 0 Å². The van der Waals surface area contributed by atoms with Crippen LogP contribution in [0.5, 0.6) is 0 Å². The Labute approximate surface area is 78.2 Å². The van der Waals surface area contributed by atoms with E-state index in [1.165, 1.54) is 0 Å². The summed E-state index contributed by atoms with van der Waals surface area (Å²) < 4.78 is 0.532. The summed E-state index contributed by atoms with van der Waals surface area (Å²) in [7, 11) is 1.73. The van der Waals surface area contributed by atoms with Crippen LogP contribution < -0.4 is 41.0 Å². The Hall–Kier alpha value is 1.20. The molecule has 0 aliphatic heterocycles. The summed E-state index contributed by atoms with van der Waals surface area (Å²) in [6.45, 7) is 0. The molecular weight excluding hydrogens is 139 g/mol. The van der Waals surface area contributed by atoms with Crippen LogP contribution in [0.15, 0.2) is 0 Å². The molecule has 0 saturated heterocycles. The monoisotopic (exact) mass is 148 g/mol. The molecule has 5 heteroatoms. The van der Waals surface area contributed by atoms with Gasteiger partial charge in [-0.25, -0.2) is 0 Å². The Bertz CT molecular complexity index is 53.3. The zero-order valence-corrected chi connectivity index (χ0v) is 8.27. The third kappa shape index (κ3) is 19.0. The van der Waals surface area contributed by atoms with E-state index in [1.54, 1.807) is 7.05 Å². The van der Waals surface area contributed by atoms with Gasteiger partial charge in [0.25, 0.3) is 0 Å². The van der Waals surface area contributed by atoms with Crippen LogP contribution in [0.4, 0.5) is 0 Å². The van der Waals surface area contributed by atoms with Crippen molar-refractivity contribution in [1.29, 1.82) is 0 Å². The summed E-state index contributed by atoms with van der Waals surface area (Å²) in [5.41, 5.74) is 0. The molecule has 0 radical (unpaired) electrons. The van der Waals surface area contributed by atoms with Crippen molar-refractivity contribution in [3.63, 3.8) is 0 Å². The Balaban J connectivity index is -0.0000000267. The third-order valence-electron chi connectivity index (χ3n) is 0.214. The van der Waals surface area contributed by atoms with Crippen LogP contribution in [0.2, 0.25) is 0 Å². The average molecular weight is 148 g/mol. The van der Waals surface area contributed by atoms with E-state index >= 15 is 0 Å². The molecule has 0 rings (SSSR count). The van der Waals surface area contributed by atoms with Crippen molar-refractivity contribution in [3.05, 3.63) is 0 Å². The average Bonchev–Trinajstić information content (AvgIpc) is 1.38. The number of nitrogens with one attached hydrogen (secondary N) is 1. The second-order valence-electron chi connectivity index (χ2n) is 0.555. The molecule has 0 spiro atoms. The fraction of sp³-hybridized carbons (Fsp3) is 0.500. The van der Waals surface area contributed by atoms with Crippen molar-refractivity contribution in [1.82, 2.24) is 11.5 Å². The molecule has 40 valence electrons. The quantitative estimate of drug-likeness (QED) is 0.206. The normalized spacial score (nSPS) is 4.86. The molecule has 0 atom stereocenters. The van der Waals surface area contributed by atoms with E-state index in [-0.39, 0.29) is 37.1 Å². The van der Waals surface area contributed by atoms with Crippen molar-refractivity contribution in [2.24, 2.45) is 0 Å². The molecule has 0 fully saturated rings. The van der Waals surface area contributed by atoms with Gasteiger partial charge in [-0.15, -0.1) is 12.6 Å². The molecule has 0 bridgehead atoms. The van der Waals surface area contributed by atoms with Crippen molar-refractivity contribution >= 4 is 29.2 Å². The van der Waals surface area contributed by atoms with Gasteiger partial charge in [-0.05, 0) is 0 Å².